The van der Waals surface area contributed by atoms with Gasteiger partial charge in [0.15, 0.2) is 0 Å². The molecule has 0 aliphatic carbocycles. The molecule has 0 bridgehead atoms. The molecule has 220 valence electrons. The van der Waals surface area contributed by atoms with Crippen molar-refractivity contribution in [3.8, 4) is 5.75 Å². The zero-order valence-corrected chi connectivity index (χ0v) is 20.7. The van der Waals surface area contributed by atoms with Crippen molar-refractivity contribution in [1.29, 1.82) is 0 Å². The van der Waals surface area contributed by atoms with Crippen LogP contribution in [0.4, 0.5) is 48.7 Å². The van der Waals surface area contributed by atoms with E-state index >= 15 is 0 Å². The maximum Gasteiger partial charge on any atom is 0.461 e. The molecule has 1 fully saturated rings. The maximum absolute atomic E-state index is 14.8. The SMILES string of the molecule is O=C(N[C@](Cc1ccccc1)(c1ccc(F)cc1)c1cc(F)cc(OC(F)(F)C(F)F)c1)N1CC(F)(F)C(F)(F)C1. The number of benzene rings is 3. The number of likely N-dealkylation sites (tertiary alicyclic amines) is 1. The molecular formula is C27H20F10N2O2. The maximum atomic E-state index is 14.8. The number of ether oxygens (including phenoxy) is 1. The van der Waals surface area contributed by atoms with Gasteiger partial charge in [-0.3, -0.25) is 0 Å². The van der Waals surface area contributed by atoms with Gasteiger partial charge in [-0.25, -0.2) is 13.6 Å². The Balaban J connectivity index is 1.90. The number of amides is 2. The number of carbonyl (C=O) groups is 1. The van der Waals surface area contributed by atoms with Gasteiger partial charge < -0.3 is 15.0 Å². The molecule has 1 atom stereocenters. The monoisotopic (exact) mass is 594 g/mol. The van der Waals surface area contributed by atoms with Crippen LogP contribution in [0.3, 0.4) is 0 Å². The van der Waals surface area contributed by atoms with Crippen LogP contribution in [0.5, 0.6) is 5.75 Å². The molecule has 14 heteroatoms. The van der Waals surface area contributed by atoms with Crippen molar-refractivity contribution in [2.45, 2.75) is 36.3 Å². The second kappa shape index (κ2) is 10.8. The highest BCUT2D eigenvalue weighted by molar-refractivity contribution is 5.77. The average Bonchev–Trinajstić information content (AvgIpc) is 3.10. The van der Waals surface area contributed by atoms with Crippen LogP contribution in [-0.2, 0) is 12.0 Å². The molecule has 0 aromatic heterocycles. The van der Waals surface area contributed by atoms with E-state index in [-0.39, 0.29) is 16.9 Å². The van der Waals surface area contributed by atoms with E-state index < -0.39 is 72.0 Å². The number of halogens is 10. The summed E-state index contributed by atoms with van der Waals surface area (Å²) >= 11 is 0. The molecule has 0 spiro atoms. The van der Waals surface area contributed by atoms with Crippen molar-refractivity contribution < 1.29 is 53.4 Å². The molecule has 1 saturated heterocycles. The molecule has 1 heterocycles. The summed E-state index contributed by atoms with van der Waals surface area (Å²) in [5.74, 6) is -12.3. The van der Waals surface area contributed by atoms with Gasteiger partial charge in [-0.2, -0.15) is 35.1 Å². The Morgan fingerprint density at radius 2 is 1.44 bits per heavy atom. The summed E-state index contributed by atoms with van der Waals surface area (Å²) in [6.07, 6.45) is -9.75. The first-order valence-corrected chi connectivity index (χ1v) is 11.8. The summed E-state index contributed by atoms with van der Waals surface area (Å²) in [7, 11) is 0. The zero-order valence-electron chi connectivity index (χ0n) is 20.7. The third kappa shape index (κ3) is 6.20. The van der Waals surface area contributed by atoms with Gasteiger partial charge in [0.2, 0.25) is 0 Å². The minimum absolute atomic E-state index is 0.0639. The van der Waals surface area contributed by atoms with Crippen molar-refractivity contribution in [3.63, 3.8) is 0 Å². The van der Waals surface area contributed by atoms with E-state index in [1.54, 1.807) is 18.2 Å². The Kier molecular flexibility index (Phi) is 7.89. The molecule has 4 nitrogen and oxygen atoms in total. The van der Waals surface area contributed by atoms with Crippen molar-refractivity contribution in [3.05, 3.63) is 101 Å². The number of urea groups is 1. The van der Waals surface area contributed by atoms with Crippen LogP contribution in [0.1, 0.15) is 16.7 Å². The standard InChI is InChI=1S/C27H20F10N2O2/c28-19-8-6-17(7-9-19)24(13-16-4-2-1-3-5-16,38-23(40)39-14-25(32,33)26(34,35)15-39)18-10-20(29)12-21(11-18)41-27(36,37)22(30)31/h1-12,22H,13-15H2,(H,38,40)/t24-/m1/s1. The first kappa shape index (κ1) is 30.0. The number of hydrogen-bond acceptors (Lipinski definition) is 2. The summed E-state index contributed by atoms with van der Waals surface area (Å²) < 4.78 is 141. The quantitative estimate of drug-likeness (QED) is 0.286. The Labute approximate surface area is 226 Å². The van der Waals surface area contributed by atoms with Crippen LogP contribution in [0.15, 0.2) is 72.8 Å². The molecule has 1 N–H and O–H groups in total. The Morgan fingerprint density at radius 3 is 2.00 bits per heavy atom. The first-order chi connectivity index (χ1) is 19.0. The minimum atomic E-state index is -5.06. The van der Waals surface area contributed by atoms with Crippen molar-refractivity contribution >= 4 is 6.03 Å². The van der Waals surface area contributed by atoms with Gasteiger partial charge >= 0.3 is 30.4 Å². The van der Waals surface area contributed by atoms with E-state index in [0.717, 1.165) is 24.3 Å². The summed E-state index contributed by atoms with van der Waals surface area (Å²) in [5, 5.41) is 2.33. The summed E-state index contributed by atoms with van der Waals surface area (Å²) in [5.41, 5.74) is -2.26. The number of carbonyl (C=O) groups excluding carboxylic acids is 1. The van der Waals surface area contributed by atoms with Crippen LogP contribution in [-0.4, -0.2) is 48.4 Å². The Morgan fingerprint density at radius 1 is 0.854 bits per heavy atom. The fourth-order valence-electron chi connectivity index (χ4n) is 4.44. The van der Waals surface area contributed by atoms with Crippen molar-refractivity contribution in [2.75, 3.05) is 13.1 Å². The molecule has 2 amide bonds. The van der Waals surface area contributed by atoms with E-state index in [4.69, 9.17) is 0 Å². The smallest absolute Gasteiger partial charge is 0.428 e. The molecule has 3 aromatic carbocycles. The average molecular weight is 594 g/mol. The first-order valence-electron chi connectivity index (χ1n) is 11.8. The molecular weight excluding hydrogens is 574 g/mol. The van der Waals surface area contributed by atoms with Crippen LogP contribution in [0.25, 0.3) is 0 Å². The largest absolute Gasteiger partial charge is 0.461 e. The highest BCUT2D eigenvalue weighted by atomic mass is 19.3. The third-order valence-electron chi connectivity index (χ3n) is 6.44. The molecule has 41 heavy (non-hydrogen) atoms. The number of nitrogens with one attached hydrogen (secondary N) is 1. The van der Waals surface area contributed by atoms with Crippen LogP contribution in [0.2, 0.25) is 0 Å². The highest BCUT2D eigenvalue weighted by Crippen LogP contribution is 2.42. The van der Waals surface area contributed by atoms with Gasteiger partial charge in [-0.05, 0) is 41.0 Å². The Hall–Kier alpha value is -3.97. The van der Waals surface area contributed by atoms with Crippen molar-refractivity contribution in [1.82, 2.24) is 10.2 Å². The second-order valence-corrected chi connectivity index (χ2v) is 9.41. The third-order valence-corrected chi connectivity index (χ3v) is 6.44. The number of hydrogen-bond donors (Lipinski definition) is 1. The lowest BCUT2D eigenvalue weighted by atomic mass is 9.77. The molecule has 1 aliphatic rings. The van der Waals surface area contributed by atoms with E-state index in [1.165, 1.54) is 12.1 Å². The van der Waals surface area contributed by atoms with Crippen LogP contribution >= 0.6 is 0 Å². The van der Waals surface area contributed by atoms with E-state index in [1.807, 2.05) is 0 Å². The van der Waals surface area contributed by atoms with Gasteiger partial charge in [0, 0.05) is 12.5 Å². The number of nitrogens with zero attached hydrogens (tertiary/aromatic N) is 1. The van der Waals surface area contributed by atoms with Gasteiger partial charge in [0.05, 0.1) is 18.6 Å². The lowest BCUT2D eigenvalue weighted by Gasteiger charge is -2.38. The highest BCUT2D eigenvalue weighted by Gasteiger charge is 2.64. The second-order valence-electron chi connectivity index (χ2n) is 9.41. The fourth-order valence-corrected chi connectivity index (χ4v) is 4.44. The van der Waals surface area contributed by atoms with Gasteiger partial charge in [0.25, 0.3) is 0 Å². The van der Waals surface area contributed by atoms with Crippen molar-refractivity contribution in [2.24, 2.45) is 0 Å². The van der Waals surface area contributed by atoms with E-state index in [2.05, 4.69) is 10.1 Å². The van der Waals surface area contributed by atoms with Gasteiger partial charge in [-0.15, -0.1) is 0 Å². The predicted molar refractivity (Wildman–Crippen MR) is 125 cm³/mol. The molecule has 0 saturated carbocycles. The summed E-state index contributed by atoms with van der Waals surface area (Å²) in [6.45, 7) is -3.37. The Bertz CT molecular complexity index is 1370. The van der Waals surface area contributed by atoms with Gasteiger partial charge in [0.1, 0.15) is 17.4 Å². The molecule has 3 aromatic rings. The summed E-state index contributed by atoms with van der Waals surface area (Å²) in [6, 6.07) is 12.1. The number of alkyl halides is 8. The normalized spacial score (nSPS) is 17.8. The van der Waals surface area contributed by atoms with Crippen LogP contribution < -0.4 is 10.1 Å². The minimum Gasteiger partial charge on any atom is -0.428 e. The lowest BCUT2D eigenvalue weighted by molar-refractivity contribution is -0.253. The lowest BCUT2D eigenvalue weighted by Crippen LogP contribution is -2.53. The topological polar surface area (TPSA) is 41.6 Å². The molecule has 4 rings (SSSR count). The van der Waals surface area contributed by atoms with Gasteiger partial charge in [-0.1, -0.05) is 42.5 Å². The van der Waals surface area contributed by atoms with Crippen LogP contribution in [0, 0.1) is 11.6 Å². The summed E-state index contributed by atoms with van der Waals surface area (Å²) in [4.78, 5) is 13.4. The molecule has 0 unspecified atom stereocenters. The number of rotatable bonds is 8. The molecule has 1 aliphatic heterocycles. The zero-order chi connectivity index (χ0) is 30.2. The van der Waals surface area contributed by atoms with E-state index in [9.17, 15) is 48.7 Å². The fraction of sp³-hybridized carbons (Fsp3) is 0.296. The van der Waals surface area contributed by atoms with E-state index in [0.29, 0.717) is 23.8 Å². The predicted octanol–water partition coefficient (Wildman–Crippen LogP) is 6.98. The molecule has 0 radical (unpaired) electrons.